The molecule has 1 amide bonds. The molecule has 2 saturated heterocycles. The minimum Gasteiger partial charge on any atom is -0.373 e. The Labute approximate surface area is 190 Å². The molecular formula is C24H34N6O2. The minimum atomic E-state index is 0.0633. The summed E-state index contributed by atoms with van der Waals surface area (Å²) in [7, 11) is 1.86. The number of nitrogens with one attached hydrogen (secondary N) is 1. The molecule has 0 aliphatic carbocycles. The molecule has 2 fully saturated rings. The Morgan fingerprint density at radius 1 is 1.28 bits per heavy atom. The summed E-state index contributed by atoms with van der Waals surface area (Å²) in [6.45, 7) is 8.05. The molecule has 2 aliphatic heterocycles. The lowest BCUT2D eigenvalue weighted by molar-refractivity contribution is -0.120. The summed E-state index contributed by atoms with van der Waals surface area (Å²) in [5.74, 6) is 1.20. The molecule has 3 heterocycles. The average molecular weight is 439 g/mol. The largest absolute Gasteiger partial charge is 0.373 e. The zero-order valence-electron chi connectivity index (χ0n) is 19.3. The molecule has 0 bridgehead atoms. The van der Waals surface area contributed by atoms with Gasteiger partial charge in [-0.2, -0.15) is 5.10 Å². The molecule has 172 valence electrons. The molecule has 1 aromatic heterocycles. The molecule has 2 atom stereocenters. The van der Waals surface area contributed by atoms with Gasteiger partial charge in [0.2, 0.25) is 5.91 Å². The molecule has 8 nitrogen and oxygen atoms in total. The first-order valence-electron chi connectivity index (χ1n) is 11.6. The third kappa shape index (κ3) is 5.12. The third-order valence-corrected chi connectivity index (χ3v) is 6.18. The van der Waals surface area contributed by atoms with Gasteiger partial charge < -0.3 is 19.9 Å². The number of aryl methyl sites for hydroxylation is 2. The third-order valence-electron chi connectivity index (χ3n) is 6.18. The number of piperazine rings is 1. The van der Waals surface area contributed by atoms with Crippen molar-refractivity contribution < 1.29 is 9.53 Å². The molecule has 1 N–H and O–H groups in total. The van der Waals surface area contributed by atoms with Gasteiger partial charge in [0.1, 0.15) is 6.54 Å². The SMILES string of the molecule is CCNC(=NCC1CCCOC1c1ccc(C)cc1)N1CCN(c2cnn(C)c2)C(=O)C1. The van der Waals surface area contributed by atoms with Crippen LogP contribution in [0.15, 0.2) is 41.7 Å². The van der Waals surface area contributed by atoms with Crippen LogP contribution in [0.2, 0.25) is 0 Å². The number of benzene rings is 1. The van der Waals surface area contributed by atoms with Crippen molar-refractivity contribution >= 4 is 17.6 Å². The number of carbonyl (C=O) groups is 1. The molecule has 2 unspecified atom stereocenters. The van der Waals surface area contributed by atoms with Gasteiger partial charge in [-0.15, -0.1) is 0 Å². The van der Waals surface area contributed by atoms with Crippen LogP contribution in [-0.4, -0.2) is 65.9 Å². The second kappa shape index (κ2) is 10.2. The van der Waals surface area contributed by atoms with E-state index in [0.29, 0.717) is 25.6 Å². The van der Waals surface area contributed by atoms with Crippen LogP contribution < -0.4 is 10.2 Å². The Morgan fingerprint density at radius 2 is 2.09 bits per heavy atom. The normalized spacial score (nSPS) is 22.3. The van der Waals surface area contributed by atoms with E-state index in [9.17, 15) is 4.79 Å². The molecule has 0 spiro atoms. The number of amides is 1. The standard InChI is InChI=1S/C24H34N6O2/c1-4-25-24(29-11-12-30(22(31)17-29)21-15-27-28(3)16-21)26-14-20-6-5-13-32-23(20)19-9-7-18(2)8-10-19/h7-10,15-16,20,23H,4-6,11-14,17H2,1-3H3,(H,25,26). The van der Waals surface area contributed by atoms with Crippen molar-refractivity contribution in [2.75, 3.05) is 44.2 Å². The van der Waals surface area contributed by atoms with Gasteiger partial charge >= 0.3 is 0 Å². The highest BCUT2D eigenvalue weighted by atomic mass is 16.5. The van der Waals surface area contributed by atoms with E-state index in [1.165, 1.54) is 11.1 Å². The van der Waals surface area contributed by atoms with Crippen LogP contribution >= 0.6 is 0 Å². The molecule has 2 aliphatic rings. The van der Waals surface area contributed by atoms with Gasteiger partial charge in [0.25, 0.3) is 0 Å². The highest BCUT2D eigenvalue weighted by Crippen LogP contribution is 2.34. The van der Waals surface area contributed by atoms with Gasteiger partial charge in [-0.3, -0.25) is 14.5 Å². The van der Waals surface area contributed by atoms with E-state index in [1.807, 2.05) is 13.2 Å². The number of anilines is 1. The number of rotatable bonds is 5. The maximum absolute atomic E-state index is 12.8. The van der Waals surface area contributed by atoms with Crippen LogP contribution in [0.3, 0.4) is 0 Å². The van der Waals surface area contributed by atoms with Crippen molar-refractivity contribution in [3.05, 3.63) is 47.8 Å². The fraction of sp³-hybridized carbons (Fsp3) is 0.542. The lowest BCUT2D eigenvalue weighted by Crippen LogP contribution is -2.55. The molecule has 2 aromatic rings. The van der Waals surface area contributed by atoms with Crippen LogP contribution in [0, 0.1) is 12.8 Å². The highest BCUT2D eigenvalue weighted by molar-refractivity contribution is 5.98. The zero-order valence-corrected chi connectivity index (χ0v) is 19.3. The van der Waals surface area contributed by atoms with Crippen LogP contribution in [0.1, 0.15) is 37.0 Å². The highest BCUT2D eigenvalue weighted by Gasteiger charge is 2.30. The Kier molecular flexibility index (Phi) is 7.09. The molecule has 0 radical (unpaired) electrons. The van der Waals surface area contributed by atoms with Crippen molar-refractivity contribution in [2.45, 2.75) is 32.8 Å². The molecule has 32 heavy (non-hydrogen) atoms. The number of ether oxygens (including phenoxy) is 1. The predicted octanol–water partition coefficient (Wildman–Crippen LogP) is 2.51. The first-order chi connectivity index (χ1) is 15.5. The molecule has 1 aromatic carbocycles. The number of aliphatic imine (C=N–C) groups is 1. The number of guanidine groups is 1. The lowest BCUT2D eigenvalue weighted by atomic mass is 9.89. The van der Waals surface area contributed by atoms with Crippen LogP contribution in [0.25, 0.3) is 0 Å². The molecule has 0 saturated carbocycles. The second-order valence-corrected chi connectivity index (χ2v) is 8.64. The van der Waals surface area contributed by atoms with Crippen molar-refractivity contribution in [1.29, 1.82) is 0 Å². The van der Waals surface area contributed by atoms with Crippen molar-refractivity contribution in [3.63, 3.8) is 0 Å². The Morgan fingerprint density at radius 3 is 2.78 bits per heavy atom. The van der Waals surface area contributed by atoms with E-state index in [0.717, 1.165) is 44.2 Å². The van der Waals surface area contributed by atoms with E-state index >= 15 is 0 Å². The smallest absolute Gasteiger partial charge is 0.246 e. The van der Waals surface area contributed by atoms with Gasteiger partial charge in [-0.1, -0.05) is 29.8 Å². The van der Waals surface area contributed by atoms with E-state index in [4.69, 9.17) is 9.73 Å². The second-order valence-electron chi connectivity index (χ2n) is 8.64. The van der Waals surface area contributed by atoms with Crippen molar-refractivity contribution in [2.24, 2.45) is 18.0 Å². The van der Waals surface area contributed by atoms with E-state index in [1.54, 1.807) is 15.8 Å². The number of nitrogens with zero attached hydrogens (tertiary/aromatic N) is 5. The van der Waals surface area contributed by atoms with Gasteiger partial charge in [0.15, 0.2) is 5.96 Å². The zero-order chi connectivity index (χ0) is 22.5. The van der Waals surface area contributed by atoms with E-state index < -0.39 is 0 Å². The number of carbonyl (C=O) groups excluding carboxylic acids is 1. The Hall–Kier alpha value is -2.87. The van der Waals surface area contributed by atoms with Gasteiger partial charge in [0, 0.05) is 51.9 Å². The molecular weight excluding hydrogens is 404 g/mol. The van der Waals surface area contributed by atoms with Gasteiger partial charge in [-0.25, -0.2) is 0 Å². The number of hydrogen-bond acceptors (Lipinski definition) is 4. The van der Waals surface area contributed by atoms with E-state index in [2.05, 4.69) is 53.4 Å². The van der Waals surface area contributed by atoms with Crippen LogP contribution in [-0.2, 0) is 16.6 Å². The summed E-state index contributed by atoms with van der Waals surface area (Å²) in [5.41, 5.74) is 3.32. The molecule has 8 heteroatoms. The van der Waals surface area contributed by atoms with Crippen molar-refractivity contribution in [1.82, 2.24) is 20.0 Å². The van der Waals surface area contributed by atoms with Crippen LogP contribution in [0.4, 0.5) is 5.69 Å². The summed E-state index contributed by atoms with van der Waals surface area (Å²) < 4.78 is 7.88. The minimum absolute atomic E-state index is 0.0633. The Bertz CT molecular complexity index is 938. The maximum atomic E-state index is 12.8. The summed E-state index contributed by atoms with van der Waals surface area (Å²) in [5, 5.41) is 7.57. The first-order valence-corrected chi connectivity index (χ1v) is 11.6. The summed E-state index contributed by atoms with van der Waals surface area (Å²) >= 11 is 0. The quantitative estimate of drug-likeness (QED) is 0.574. The monoisotopic (exact) mass is 438 g/mol. The van der Waals surface area contributed by atoms with Gasteiger partial charge in [-0.05, 0) is 32.3 Å². The fourth-order valence-electron chi connectivity index (χ4n) is 4.46. The predicted molar refractivity (Wildman–Crippen MR) is 126 cm³/mol. The summed E-state index contributed by atoms with van der Waals surface area (Å²) in [6, 6.07) is 8.63. The average Bonchev–Trinajstić information content (AvgIpc) is 3.23. The van der Waals surface area contributed by atoms with Crippen molar-refractivity contribution in [3.8, 4) is 0 Å². The maximum Gasteiger partial charge on any atom is 0.246 e. The molecule has 4 rings (SSSR count). The van der Waals surface area contributed by atoms with Crippen LogP contribution in [0.5, 0.6) is 0 Å². The summed E-state index contributed by atoms with van der Waals surface area (Å²) in [4.78, 5) is 21.7. The van der Waals surface area contributed by atoms with Gasteiger partial charge in [0.05, 0.1) is 18.0 Å². The van der Waals surface area contributed by atoms with E-state index in [-0.39, 0.29) is 12.0 Å². The lowest BCUT2D eigenvalue weighted by Gasteiger charge is -2.36. The number of aromatic nitrogens is 2. The first kappa shape index (κ1) is 22.3. The fourth-order valence-corrected chi connectivity index (χ4v) is 4.46. The number of hydrogen-bond donors (Lipinski definition) is 1. The topological polar surface area (TPSA) is 75.0 Å². The Balaban J connectivity index is 1.44. The summed E-state index contributed by atoms with van der Waals surface area (Å²) in [6.07, 6.45) is 5.83.